The van der Waals surface area contributed by atoms with Crippen LogP contribution in [0.5, 0.6) is 0 Å². The maximum Gasteiger partial charge on any atom is 0.0772 e. The van der Waals surface area contributed by atoms with Crippen molar-refractivity contribution < 1.29 is 0 Å². The molecule has 0 bridgehead atoms. The summed E-state index contributed by atoms with van der Waals surface area (Å²) in [6, 6.07) is 8.50. The monoisotopic (exact) mass is 382 g/mol. The first-order chi connectivity index (χ1) is 13.3. The number of allylic oxidation sites excluding steroid dienone is 3. The maximum absolute atomic E-state index is 4.90. The maximum atomic E-state index is 4.90. The molecule has 146 valence electrons. The summed E-state index contributed by atoms with van der Waals surface area (Å²) in [6.45, 7) is 6.95. The van der Waals surface area contributed by atoms with Crippen LogP contribution in [0.25, 0.3) is 0 Å². The van der Waals surface area contributed by atoms with E-state index in [1.54, 1.807) is 0 Å². The summed E-state index contributed by atoms with van der Waals surface area (Å²) in [5, 5.41) is 0. The number of fused-ring (bicyclic) bond motifs is 2. The van der Waals surface area contributed by atoms with Crippen LogP contribution in [0.2, 0.25) is 0 Å². The van der Waals surface area contributed by atoms with Crippen molar-refractivity contribution in [3.63, 3.8) is 0 Å². The Kier molecular flexibility index (Phi) is 8.07. The molecule has 3 rings (SSSR count). The van der Waals surface area contributed by atoms with E-state index in [4.69, 9.17) is 4.99 Å². The van der Waals surface area contributed by atoms with Crippen LogP contribution in [0.4, 0.5) is 5.69 Å². The van der Waals surface area contributed by atoms with Gasteiger partial charge in [0.1, 0.15) is 0 Å². The number of nitrogens with zero attached hydrogens (tertiary/aromatic N) is 2. The quantitative estimate of drug-likeness (QED) is 0.368. The van der Waals surface area contributed by atoms with Crippen LogP contribution in [-0.2, 0) is 0 Å². The number of para-hydroxylation sites is 1. The van der Waals surface area contributed by atoms with Gasteiger partial charge in [-0.15, -0.1) is 0 Å². The molecular weight excluding hydrogens is 348 g/mol. The van der Waals surface area contributed by atoms with Gasteiger partial charge in [0, 0.05) is 35.0 Å². The first-order valence-corrected chi connectivity index (χ1v) is 11.6. The Labute approximate surface area is 169 Å². The van der Waals surface area contributed by atoms with Gasteiger partial charge in [0.15, 0.2) is 0 Å². The molecule has 0 fully saturated rings. The van der Waals surface area contributed by atoms with Crippen LogP contribution in [0.3, 0.4) is 0 Å². The number of benzene rings is 1. The van der Waals surface area contributed by atoms with Crippen molar-refractivity contribution >= 4 is 23.2 Å². The minimum Gasteiger partial charge on any atom is -0.372 e. The largest absolute Gasteiger partial charge is 0.372 e. The van der Waals surface area contributed by atoms with E-state index < -0.39 is 0 Å². The fourth-order valence-electron chi connectivity index (χ4n) is 3.72. The second-order valence-corrected chi connectivity index (χ2v) is 8.66. The molecule has 0 aromatic heterocycles. The van der Waals surface area contributed by atoms with Crippen LogP contribution in [0.15, 0.2) is 56.9 Å². The molecule has 1 aromatic rings. The highest BCUT2D eigenvalue weighted by atomic mass is 32.2. The highest BCUT2D eigenvalue weighted by molar-refractivity contribution is 8.04. The van der Waals surface area contributed by atoms with Gasteiger partial charge >= 0.3 is 0 Å². The second kappa shape index (κ2) is 10.8. The van der Waals surface area contributed by atoms with Gasteiger partial charge in [-0.05, 0) is 31.1 Å². The molecule has 27 heavy (non-hydrogen) atoms. The van der Waals surface area contributed by atoms with Crippen LogP contribution < -0.4 is 0 Å². The summed E-state index contributed by atoms with van der Waals surface area (Å²) in [7, 11) is 0. The Morgan fingerprint density at radius 3 is 2.33 bits per heavy atom. The molecule has 0 atom stereocenters. The molecule has 0 unspecified atom stereocenters. The molecule has 1 aliphatic carbocycles. The molecule has 1 aromatic carbocycles. The molecule has 2 nitrogen and oxygen atoms in total. The predicted octanol–water partition coefficient (Wildman–Crippen LogP) is 7.50. The SMILES string of the molecule is CCCCCCN(CCCCCC)C1=CCC2=Nc3ccccc3SC2=C1. The number of aliphatic imine (C=N–C) groups is 1. The third kappa shape index (κ3) is 5.75. The summed E-state index contributed by atoms with van der Waals surface area (Å²) in [6.07, 6.45) is 16.4. The van der Waals surface area contributed by atoms with Gasteiger partial charge in [-0.2, -0.15) is 0 Å². The molecule has 2 aliphatic rings. The molecule has 1 aliphatic heterocycles. The molecule has 1 heterocycles. The first kappa shape index (κ1) is 20.3. The Morgan fingerprint density at radius 1 is 0.926 bits per heavy atom. The molecule has 0 radical (unpaired) electrons. The summed E-state index contributed by atoms with van der Waals surface area (Å²) in [4.78, 5) is 10.2. The Bertz CT molecular complexity index is 690. The van der Waals surface area contributed by atoms with E-state index >= 15 is 0 Å². The van der Waals surface area contributed by atoms with Gasteiger partial charge in [-0.25, -0.2) is 0 Å². The first-order valence-electron chi connectivity index (χ1n) is 10.8. The molecular formula is C24H34N2S. The van der Waals surface area contributed by atoms with Crippen molar-refractivity contribution in [1.82, 2.24) is 4.90 Å². The average Bonchev–Trinajstić information content (AvgIpc) is 2.70. The Hall–Kier alpha value is -1.48. The van der Waals surface area contributed by atoms with Gasteiger partial charge < -0.3 is 4.90 Å². The van der Waals surface area contributed by atoms with E-state index in [0.717, 1.165) is 12.1 Å². The molecule has 0 N–H and O–H groups in total. The highest BCUT2D eigenvalue weighted by Gasteiger charge is 2.22. The van der Waals surface area contributed by atoms with Crippen molar-refractivity contribution in [1.29, 1.82) is 0 Å². The summed E-state index contributed by atoms with van der Waals surface area (Å²) in [5.41, 5.74) is 3.78. The lowest BCUT2D eigenvalue weighted by Gasteiger charge is -2.30. The van der Waals surface area contributed by atoms with Crippen LogP contribution in [0.1, 0.15) is 71.6 Å². The third-order valence-electron chi connectivity index (χ3n) is 5.34. The topological polar surface area (TPSA) is 15.6 Å². The summed E-state index contributed by atoms with van der Waals surface area (Å²) < 4.78 is 0. The Balaban J connectivity index is 1.67. The number of unbranched alkanes of at least 4 members (excludes halogenated alkanes) is 6. The second-order valence-electron chi connectivity index (χ2n) is 7.58. The number of thioether (sulfide) groups is 1. The standard InChI is InChI=1S/C24H34N2S/c1-3-5-7-11-17-26(18-12-8-6-4-2)20-15-16-22-24(19-20)27-23-14-10-9-13-21(23)25-22/h9-10,13-15,19H,3-8,11-12,16-18H2,1-2H3. The van der Waals surface area contributed by atoms with E-state index in [2.05, 4.69) is 55.2 Å². The average molecular weight is 383 g/mol. The normalized spacial score (nSPS) is 15.4. The van der Waals surface area contributed by atoms with E-state index in [-0.39, 0.29) is 0 Å². The van der Waals surface area contributed by atoms with E-state index in [1.807, 2.05) is 11.8 Å². The van der Waals surface area contributed by atoms with Gasteiger partial charge in [0.25, 0.3) is 0 Å². The van der Waals surface area contributed by atoms with Crippen LogP contribution in [-0.4, -0.2) is 23.7 Å². The van der Waals surface area contributed by atoms with Crippen molar-refractivity contribution in [2.24, 2.45) is 4.99 Å². The summed E-state index contributed by atoms with van der Waals surface area (Å²) in [5.74, 6) is 0. The fraction of sp³-hybridized carbons (Fsp3) is 0.542. The van der Waals surface area contributed by atoms with Crippen molar-refractivity contribution in [3.05, 3.63) is 47.0 Å². The zero-order valence-electron chi connectivity index (χ0n) is 17.0. The van der Waals surface area contributed by atoms with Gasteiger partial charge in [-0.1, -0.05) is 82.3 Å². The summed E-state index contributed by atoms with van der Waals surface area (Å²) >= 11 is 1.89. The minimum atomic E-state index is 0.961. The van der Waals surface area contributed by atoms with Gasteiger partial charge in [-0.3, -0.25) is 4.99 Å². The van der Waals surface area contributed by atoms with Gasteiger partial charge in [0.05, 0.1) is 11.4 Å². The smallest absolute Gasteiger partial charge is 0.0772 e. The van der Waals surface area contributed by atoms with E-state index in [0.29, 0.717) is 0 Å². The van der Waals surface area contributed by atoms with E-state index in [9.17, 15) is 0 Å². The lowest BCUT2D eigenvalue weighted by atomic mass is 10.1. The zero-order chi connectivity index (χ0) is 18.9. The van der Waals surface area contributed by atoms with Crippen molar-refractivity contribution in [3.8, 4) is 0 Å². The molecule has 0 saturated carbocycles. The minimum absolute atomic E-state index is 0.961. The third-order valence-corrected chi connectivity index (χ3v) is 6.48. The van der Waals surface area contributed by atoms with Crippen LogP contribution in [0, 0.1) is 0 Å². The lowest BCUT2D eigenvalue weighted by Crippen LogP contribution is -2.27. The predicted molar refractivity (Wildman–Crippen MR) is 120 cm³/mol. The molecule has 0 amide bonds. The molecule has 0 saturated heterocycles. The number of hydrogen-bond acceptors (Lipinski definition) is 3. The molecule has 3 heteroatoms. The number of rotatable bonds is 11. The molecule has 0 spiro atoms. The van der Waals surface area contributed by atoms with Crippen molar-refractivity contribution in [2.45, 2.75) is 76.5 Å². The highest BCUT2D eigenvalue weighted by Crippen LogP contribution is 2.42. The zero-order valence-corrected chi connectivity index (χ0v) is 17.9. The number of hydrogen-bond donors (Lipinski definition) is 0. The van der Waals surface area contributed by atoms with E-state index in [1.165, 1.54) is 85.7 Å². The van der Waals surface area contributed by atoms with Gasteiger partial charge in [0.2, 0.25) is 0 Å². The lowest BCUT2D eigenvalue weighted by molar-refractivity contribution is 0.331. The Morgan fingerprint density at radius 2 is 1.63 bits per heavy atom. The van der Waals surface area contributed by atoms with Crippen LogP contribution >= 0.6 is 11.8 Å². The fourth-order valence-corrected chi connectivity index (χ4v) is 4.74. The van der Waals surface area contributed by atoms with Crippen molar-refractivity contribution in [2.75, 3.05) is 13.1 Å².